The molecule has 2 aromatic carbocycles. The number of urea groups is 1. The van der Waals surface area contributed by atoms with E-state index in [9.17, 15) is 18.0 Å². The summed E-state index contributed by atoms with van der Waals surface area (Å²) in [6.07, 6.45) is -4.59. The number of anilines is 1. The number of carbonyl (C=O) groups excluding carboxylic acids is 1. The zero-order valence-electron chi connectivity index (χ0n) is 14.7. The molecule has 2 rings (SSSR count). The van der Waals surface area contributed by atoms with Crippen LogP contribution in [0, 0.1) is 11.3 Å². The number of rotatable bonds is 5. The highest BCUT2D eigenvalue weighted by Crippen LogP contribution is 2.29. The molecule has 0 atom stereocenters. The zero-order valence-corrected chi connectivity index (χ0v) is 14.7. The Morgan fingerprint density at radius 1 is 1.22 bits per heavy atom. The first-order valence-electron chi connectivity index (χ1n) is 8.11. The Kier molecular flexibility index (Phi) is 6.29. The van der Waals surface area contributed by atoms with Crippen LogP contribution in [0.25, 0.3) is 0 Å². The first-order chi connectivity index (χ1) is 12.7. The lowest BCUT2D eigenvalue weighted by molar-refractivity contribution is -0.137. The second-order valence-electron chi connectivity index (χ2n) is 6.00. The van der Waals surface area contributed by atoms with Gasteiger partial charge in [-0.1, -0.05) is 12.1 Å². The summed E-state index contributed by atoms with van der Waals surface area (Å²) in [4.78, 5) is 12.1. The van der Waals surface area contributed by atoms with Crippen molar-refractivity contribution in [3.05, 3.63) is 59.2 Å². The van der Waals surface area contributed by atoms with Crippen molar-refractivity contribution in [1.29, 1.82) is 5.26 Å². The molecule has 142 valence electrons. The Morgan fingerprint density at radius 3 is 2.59 bits per heavy atom. The molecule has 2 N–H and O–H groups in total. The Hall–Kier alpha value is -3.21. The topological polar surface area (TPSA) is 74.1 Å². The smallest absolute Gasteiger partial charge is 0.416 e. The van der Waals surface area contributed by atoms with Gasteiger partial charge < -0.3 is 15.4 Å². The average molecular weight is 377 g/mol. The molecule has 0 aliphatic rings. The Morgan fingerprint density at radius 2 is 1.96 bits per heavy atom. The van der Waals surface area contributed by atoms with Crippen molar-refractivity contribution in [3.63, 3.8) is 0 Å². The predicted molar refractivity (Wildman–Crippen MR) is 94.2 cm³/mol. The van der Waals surface area contributed by atoms with Gasteiger partial charge in [-0.15, -0.1) is 0 Å². The number of nitrogens with zero attached hydrogens (tertiary/aromatic N) is 1. The number of nitriles is 1. The van der Waals surface area contributed by atoms with Crippen LogP contribution in [0.2, 0.25) is 0 Å². The van der Waals surface area contributed by atoms with Gasteiger partial charge in [0, 0.05) is 6.54 Å². The Balaban J connectivity index is 2.07. The van der Waals surface area contributed by atoms with Crippen molar-refractivity contribution >= 4 is 11.7 Å². The monoisotopic (exact) mass is 377 g/mol. The fraction of sp³-hybridized carbons (Fsp3) is 0.263. The molecule has 0 aliphatic carbocycles. The largest absolute Gasteiger partial charge is 0.489 e. The lowest BCUT2D eigenvalue weighted by atomic mass is 10.1. The van der Waals surface area contributed by atoms with Crippen LogP contribution in [0.4, 0.5) is 23.7 Å². The summed E-state index contributed by atoms with van der Waals surface area (Å²) < 4.78 is 43.8. The molecule has 0 unspecified atom stereocenters. The molecule has 0 radical (unpaired) electrons. The Labute approximate surface area is 154 Å². The van der Waals surface area contributed by atoms with E-state index in [2.05, 4.69) is 10.6 Å². The maximum absolute atomic E-state index is 12.7. The molecule has 2 aromatic rings. The Bertz CT molecular complexity index is 858. The summed E-state index contributed by atoms with van der Waals surface area (Å²) in [6, 6.07) is 10.6. The molecule has 0 aromatic heterocycles. The highest BCUT2D eigenvalue weighted by molar-refractivity contribution is 5.91. The van der Waals surface area contributed by atoms with Crippen LogP contribution in [-0.2, 0) is 12.7 Å². The molecule has 0 spiro atoms. The van der Waals surface area contributed by atoms with Crippen molar-refractivity contribution in [2.75, 3.05) is 5.32 Å². The number of alkyl halides is 3. The minimum atomic E-state index is -4.45. The van der Waals surface area contributed by atoms with Crippen molar-refractivity contribution in [2.45, 2.75) is 32.7 Å². The van der Waals surface area contributed by atoms with Crippen LogP contribution >= 0.6 is 0 Å². The molecular weight excluding hydrogens is 359 g/mol. The summed E-state index contributed by atoms with van der Waals surface area (Å²) >= 11 is 0. The third kappa shape index (κ3) is 5.92. The van der Waals surface area contributed by atoms with Crippen molar-refractivity contribution in [2.24, 2.45) is 0 Å². The molecule has 2 amide bonds. The summed E-state index contributed by atoms with van der Waals surface area (Å²) in [5, 5.41) is 14.0. The first kappa shape index (κ1) is 20.1. The number of hydrogen-bond acceptors (Lipinski definition) is 3. The van der Waals surface area contributed by atoms with Crippen LogP contribution in [0.5, 0.6) is 5.75 Å². The van der Waals surface area contributed by atoms with Gasteiger partial charge in [0.15, 0.2) is 0 Å². The van der Waals surface area contributed by atoms with E-state index in [1.165, 1.54) is 18.2 Å². The van der Waals surface area contributed by atoms with E-state index in [1.54, 1.807) is 12.1 Å². The number of ether oxygens (including phenoxy) is 1. The fourth-order valence-electron chi connectivity index (χ4n) is 2.26. The van der Waals surface area contributed by atoms with E-state index in [1.807, 2.05) is 19.9 Å². The zero-order chi connectivity index (χ0) is 20.0. The van der Waals surface area contributed by atoms with Crippen molar-refractivity contribution < 1.29 is 22.7 Å². The van der Waals surface area contributed by atoms with Crippen LogP contribution in [0.3, 0.4) is 0 Å². The van der Waals surface area contributed by atoms with Crippen LogP contribution < -0.4 is 15.4 Å². The molecule has 0 heterocycles. The number of hydrogen-bond donors (Lipinski definition) is 2. The summed E-state index contributed by atoms with van der Waals surface area (Å²) in [6.45, 7) is 3.54. The van der Waals surface area contributed by atoms with E-state index < -0.39 is 17.8 Å². The van der Waals surface area contributed by atoms with Crippen LogP contribution in [0.15, 0.2) is 42.5 Å². The lowest BCUT2D eigenvalue weighted by Gasteiger charge is -2.16. The van der Waals surface area contributed by atoms with E-state index in [-0.39, 0.29) is 12.6 Å². The lowest BCUT2D eigenvalue weighted by Crippen LogP contribution is -2.28. The normalized spacial score (nSPS) is 11.0. The van der Waals surface area contributed by atoms with Gasteiger partial charge in [-0.25, -0.2) is 4.79 Å². The molecule has 0 aliphatic heterocycles. The second kappa shape index (κ2) is 8.45. The average Bonchev–Trinajstić information content (AvgIpc) is 2.60. The minimum absolute atomic E-state index is 0.0892. The first-order valence-corrected chi connectivity index (χ1v) is 8.11. The molecule has 27 heavy (non-hydrogen) atoms. The van der Waals surface area contributed by atoms with Gasteiger partial charge in [0.1, 0.15) is 5.75 Å². The summed E-state index contributed by atoms with van der Waals surface area (Å²) in [5.74, 6) is 0.387. The van der Waals surface area contributed by atoms with Crippen LogP contribution in [0.1, 0.15) is 30.5 Å². The van der Waals surface area contributed by atoms with Crippen molar-refractivity contribution in [1.82, 2.24) is 5.32 Å². The highest BCUT2D eigenvalue weighted by atomic mass is 19.4. The number of amides is 2. The van der Waals surface area contributed by atoms with Gasteiger partial charge in [0.25, 0.3) is 0 Å². The van der Waals surface area contributed by atoms with Gasteiger partial charge in [0.05, 0.1) is 29.0 Å². The van der Waals surface area contributed by atoms with Gasteiger partial charge in [0.2, 0.25) is 0 Å². The molecule has 0 saturated heterocycles. The second-order valence-corrected chi connectivity index (χ2v) is 6.00. The maximum atomic E-state index is 12.7. The third-order valence-electron chi connectivity index (χ3n) is 3.43. The summed E-state index contributed by atoms with van der Waals surface area (Å²) in [7, 11) is 0. The molecule has 5 nitrogen and oxygen atoms in total. The van der Waals surface area contributed by atoms with E-state index in [0.717, 1.165) is 12.1 Å². The standard InChI is InChI=1S/C19H18F3N3O2/c1-12(2)27-17-7-6-13(10-23)9-16(17)25-18(26)24-11-14-4-3-5-15(8-14)19(20,21)22/h3-9,12H,11H2,1-2H3,(H2,24,25,26). The summed E-state index contributed by atoms with van der Waals surface area (Å²) in [5.41, 5.74) is 0.157. The quantitative estimate of drug-likeness (QED) is 0.794. The van der Waals surface area contributed by atoms with Gasteiger partial charge in [-0.05, 0) is 49.7 Å². The number of nitrogens with one attached hydrogen (secondary N) is 2. The fourth-order valence-corrected chi connectivity index (χ4v) is 2.26. The number of carbonyl (C=O) groups is 1. The molecular formula is C19H18F3N3O2. The van der Waals surface area contributed by atoms with Gasteiger partial charge >= 0.3 is 12.2 Å². The van der Waals surface area contributed by atoms with Gasteiger partial charge in [-0.3, -0.25) is 0 Å². The number of halogens is 3. The van der Waals surface area contributed by atoms with Crippen LogP contribution in [-0.4, -0.2) is 12.1 Å². The molecule has 0 saturated carbocycles. The van der Waals surface area contributed by atoms with Crippen molar-refractivity contribution in [3.8, 4) is 11.8 Å². The van der Waals surface area contributed by atoms with E-state index in [0.29, 0.717) is 22.6 Å². The highest BCUT2D eigenvalue weighted by Gasteiger charge is 2.30. The molecule has 0 bridgehead atoms. The third-order valence-corrected chi connectivity index (χ3v) is 3.43. The maximum Gasteiger partial charge on any atom is 0.416 e. The SMILES string of the molecule is CC(C)Oc1ccc(C#N)cc1NC(=O)NCc1cccc(C(F)(F)F)c1. The number of benzene rings is 2. The molecule has 0 fully saturated rings. The van der Waals surface area contributed by atoms with Gasteiger partial charge in [-0.2, -0.15) is 18.4 Å². The van der Waals surface area contributed by atoms with E-state index in [4.69, 9.17) is 10.00 Å². The van der Waals surface area contributed by atoms with E-state index >= 15 is 0 Å². The molecule has 8 heteroatoms. The minimum Gasteiger partial charge on any atom is -0.489 e. The predicted octanol–water partition coefficient (Wildman–Crippen LogP) is 4.69.